The van der Waals surface area contributed by atoms with E-state index in [2.05, 4.69) is 5.32 Å². The third kappa shape index (κ3) is 4.16. The van der Waals surface area contributed by atoms with Crippen LogP contribution in [-0.4, -0.2) is 35.2 Å². The Hall–Kier alpha value is -0.220. The number of hydrogen-bond donors (Lipinski definition) is 2. The van der Waals surface area contributed by atoms with Gasteiger partial charge in [0.1, 0.15) is 0 Å². The van der Waals surface area contributed by atoms with Crippen molar-refractivity contribution >= 4 is 17.7 Å². The highest BCUT2D eigenvalue weighted by Gasteiger charge is 2.26. The third-order valence-electron chi connectivity index (χ3n) is 4.30. The maximum atomic E-state index is 12.0. The van der Waals surface area contributed by atoms with Gasteiger partial charge in [0.05, 0.1) is 0 Å². The topological polar surface area (TPSA) is 49.3 Å². The number of nitrogens with one attached hydrogen (secondary N) is 1. The van der Waals surface area contributed by atoms with Gasteiger partial charge in [0, 0.05) is 25.0 Å². The lowest BCUT2D eigenvalue weighted by atomic mass is 9.85. The quantitative estimate of drug-likeness (QED) is 0.824. The van der Waals surface area contributed by atoms with E-state index in [0.717, 1.165) is 12.8 Å². The largest absolute Gasteiger partial charge is 0.396 e. The van der Waals surface area contributed by atoms with Gasteiger partial charge in [0.2, 0.25) is 5.91 Å². The summed E-state index contributed by atoms with van der Waals surface area (Å²) in [5, 5.41) is 12.5. The van der Waals surface area contributed by atoms with E-state index < -0.39 is 0 Å². The zero-order chi connectivity index (χ0) is 12.8. The molecule has 3 nitrogen and oxygen atoms in total. The minimum Gasteiger partial charge on any atom is -0.396 e. The summed E-state index contributed by atoms with van der Waals surface area (Å²) < 4.78 is 0. The van der Waals surface area contributed by atoms with Crippen LogP contribution in [0.2, 0.25) is 0 Å². The Bertz CT molecular complexity index is 267. The molecule has 0 spiro atoms. The maximum absolute atomic E-state index is 12.0. The Balaban J connectivity index is 1.75. The Morgan fingerprint density at radius 1 is 1.17 bits per heavy atom. The summed E-state index contributed by atoms with van der Waals surface area (Å²) >= 11 is 2.00. The van der Waals surface area contributed by atoms with Gasteiger partial charge >= 0.3 is 0 Å². The van der Waals surface area contributed by atoms with Crippen molar-refractivity contribution in [3.8, 4) is 0 Å². The van der Waals surface area contributed by atoms with E-state index in [4.69, 9.17) is 0 Å². The summed E-state index contributed by atoms with van der Waals surface area (Å²) in [6.45, 7) is 0.213. The Kier molecular flexibility index (Phi) is 5.83. The normalized spacial score (nSPS) is 30.1. The van der Waals surface area contributed by atoms with E-state index >= 15 is 0 Å². The predicted molar refractivity (Wildman–Crippen MR) is 75.6 cm³/mol. The van der Waals surface area contributed by atoms with E-state index in [1.807, 2.05) is 11.8 Å². The number of carbonyl (C=O) groups excluding carboxylic acids is 1. The van der Waals surface area contributed by atoms with Gasteiger partial charge < -0.3 is 10.4 Å². The number of thioether (sulfide) groups is 1. The Morgan fingerprint density at radius 2 is 1.89 bits per heavy atom. The van der Waals surface area contributed by atoms with Crippen LogP contribution in [0, 0.1) is 11.8 Å². The summed E-state index contributed by atoms with van der Waals surface area (Å²) in [7, 11) is 0. The molecule has 2 unspecified atom stereocenters. The molecule has 2 rings (SSSR count). The molecule has 2 fully saturated rings. The lowest BCUT2D eigenvalue weighted by Gasteiger charge is -2.31. The smallest absolute Gasteiger partial charge is 0.220 e. The van der Waals surface area contributed by atoms with Gasteiger partial charge in [-0.15, -0.1) is 0 Å². The van der Waals surface area contributed by atoms with E-state index in [9.17, 15) is 9.90 Å². The average Bonchev–Trinajstić information content (AvgIpc) is 2.40. The molecule has 0 aromatic heterocycles. The summed E-state index contributed by atoms with van der Waals surface area (Å²) in [6, 6.07) is 0.217. The number of rotatable bonds is 4. The van der Waals surface area contributed by atoms with Crippen molar-refractivity contribution in [3.05, 3.63) is 0 Å². The molecule has 2 atom stereocenters. The third-order valence-corrected chi connectivity index (χ3v) is 5.35. The van der Waals surface area contributed by atoms with E-state index in [-0.39, 0.29) is 24.5 Å². The molecule has 2 N–H and O–H groups in total. The average molecular weight is 271 g/mol. The van der Waals surface area contributed by atoms with Crippen LogP contribution in [0.15, 0.2) is 0 Å². The highest BCUT2D eigenvalue weighted by molar-refractivity contribution is 7.99. The highest BCUT2D eigenvalue weighted by atomic mass is 32.2. The number of aliphatic hydroxyl groups is 1. The van der Waals surface area contributed by atoms with Gasteiger partial charge in [0.25, 0.3) is 0 Å². The molecule has 0 radical (unpaired) electrons. The second-order valence-electron chi connectivity index (χ2n) is 5.66. The molecular weight excluding hydrogens is 246 g/mol. The fraction of sp³-hybridized carbons (Fsp3) is 0.929. The molecule has 18 heavy (non-hydrogen) atoms. The van der Waals surface area contributed by atoms with Crippen LogP contribution in [-0.2, 0) is 4.79 Å². The molecule has 1 saturated heterocycles. The predicted octanol–water partition coefficient (Wildman–Crippen LogP) is 2.19. The first kappa shape index (κ1) is 14.2. The lowest BCUT2D eigenvalue weighted by molar-refractivity contribution is -0.123. The molecular formula is C14H25NO2S. The summed E-state index contributed by atoms with van der Waals surface area (Å²) in [4.78, 5) is 12.0. The van der Waals surface area contributed by atoms with Gasteiger partial charge in [-0.1, -0.05) is 12.8 Å². The molecule has 0 aromatic rings. The van der Waals surface area contributed by atoms with Crippen molar-refractivity contribution in [1.82, 2.24) is 5.32 Å². The van der Waals surface area contributed by atoms with Gasteiger partial charge in [-0.05, 0) is 43.1 Å². The van der Waals surface area contributed by atoms with E-state index in [1.54, 1.807) is 0 Å². The fourth-order valence-corrected chi connectivity index (χ4v) is 4.30. The summed E-state index contributed by atoms with van der Waals surface area (Å²) in [5.74, 6) is 3.49. The molecule has 1 aliphatic heterocycles. The van der Waals surface area contributed by atoms with Crippen molar-refractivity contribution in [2.45, 2.75) is 51.0 Å². The van der Waals surface area contributed by atoms with Crippen LogP contribution in [0.5, 0.6) is 0 Å². The molecule has 1 heterocycles. The number of amides is 1. The lowest BCUT2D eigenvalue weighted by Crippen LogP contribution is -2.44. The number of aliphatic hydroxyl groups excluding tert-OH is 1. The highest BCUT2D eigenvalue weighted by Crippen LogP contribution is 2.27. The fourth-order valence-electron chi connectivity index (χ4n) is 3.09. The molecule has 4 heteroatoms. The van der Waals surface area contributed by atoms with Crippen molar-refractivity contribution in [3.63, 3.8) is 0 Å². The number of hydrogen-bond acceptors (Lipinski definition) is 3. The monoisotopic (exact) mass is 271 g/mol. The zero-order valence-electron chi connectivity index (χ0n) is 11.1. The van der Waals surface area contributed by atoms with Crippen LogP contribution >= 0.6 is 11.8 Å². The zero-order valence-corrected chi connectivity index (χ0v) is 11.9. The van der Waals surface area contributed by atoms with Crippen molar-refractivity contribution < 1.29 is 9.90 Å². The first-order chi connectivity index (χ1) is 8.79. The first-order valence-corrected chi connectivity index (χ1v) is 8.43. The molecule has 104 valence electrons. The molecule has 2 aliphatic rings. The minimum absolute atomic E-state index is 0.206. The molecule has 0 aromatic carbocycles. The van der Waals surface area contributed by atoms with Gasteiger partial charge in [-0.3, -0.25) is 4.79 Å². The molecule has 0 bridgehead atoms. The van der Waals surface area contributed by atoms with Gasteiger partial charge in [0.15, 0.2) is 0 Å². The van der Waals surface area contributed by atoms with Crippen molar-refractivity contribution in [1.29, 1.82) is 0 Å². The Morgan fingerprint density at radius 3 is 2.61 bits per heavy atom. The SMILES string of the molecule is O=C(CC1CCSCC1)NC1CCCCC1CO. The summed E-state index contributed by atoms with van der Waals surface area (Å²) in [6.07, 6.45) is 7.53. The van der Waals surface area contributed by atoms with Crippen LogP contribution in [0.3, 0.4) is 0 Å². The number of carbonyl (C=O) groups is 1. The van der Waals surface area contributed by atoms with Crippen LogP contribution in [0.25, 0.3) is 0 Å². The van der Waals surface area contributed by atoms with Crippen molar-refractivity contribution in [2.75, 3.05) is 18.1 Å². The van der Waals surface area contributed by atoms with Crippen LogP contribution in [0.4, 0.5) is 0 Å². The van der Waals surface area contributed by atoms with Crippen LogP contribution < -0.4 is 5.32 Å². The van der Waals surface area contributed by atoms with Crippen LogP contribution in [0.1, 0.15) is 44.9 Å². The standard InChI is InChI=1S/C14H25NO2S/c16-10-12-3-1-2-4-13(12)15-14(17)9-11-5-7-18-8-6-11/h11-13,16H,1-10H2,(H,15,17). The first-order valence-electron chi connectivity index (χ1n) is 7.27. The maximum Gasteiger partial charge on any atom is 0.220 e. The van der Waals surface area contributed by atoms with Gasteiger partial charge in [-0.2, -0.15) is 11.8 Å². The summed E-state index contributed by atoms with van der Waals surface area (Å²) in [5.41, 5.74) is 0. The second kappa shape index (κ2) is 7.39. The molecule has 1 aliphatic carbocycles. The van der Waals surface area contributed by atoms with Gasteiger partial charge in [-0.25, -0.2) is 0 Å². The molecule has 1 saturated carbocycles. The second-order valence-corrected chi connectivity index (χ2v) is 6.89. The molecule has 1 amide bonds. The minimum atomic E-state index is 0.206. The van der Waals surface area contributed by atoms with E-state index in [0.29, 0.717) is 12.3 Å². The van der Waals surface area contributed by atoms with E-state index in [1.165, 1.54) is 37.2 Å². The van der Waals surface area contributed by atoms with Crippen molar-refractivity contribution in [2.24, 2.45) is 11.8 Å². The Labute approximate surface area is 114 Å².